The number of anilines is 1. The molecule has 6 rings (SSSR count). The van der Waals surface area contributed by atoms with Crippen molar-refractivity contribution in [2.24, 2.45) is 0 Å². The Bertz CT molecular complexity index is 1380. The molecule has 0 spiro atoms. The third-order valence-electron chi connectivity index (χ3n) is 6.26. The molecule has 1 fully saturated rings. The standard InChI is InChI=1S/C25H25N7O2/c1-15(2)32-14-27-30-24(32)20-4-3-5-22(28-20)29-25(33)19-11-18(10-17-8-9-34-23(17)19)31-12-21(26-13-31)16-6-7-16/h3-5,10-16H,6-9H2,1-2H3,(H,28,29,33). The van der Waals surface area contributed by atoms with Crippen LogP contribution in [-0.2, 0) is 6.42 Å². The molecule has 9 heteroatoms. The molecule has 34 heavy (non-hydrogen) atoms. The molecule has 172 valence electrons. The van der Waals surface area contributed by atoms with E-state index in [0.29, 0.717) is 41.2 Å². The van der Waals surface area contributed by atoms with Crippen molar-refractivity contribution in [3.8, 4) is 23.0 Å². The number of imidazole rings is 1. The average Bonchev–Trinajstić information content (AvgIpc) is 3.23. The van der Waals surface area contributed by atoms with Crippen LogP contribution in [0.5, 0.6) is 5.75 Å². The lowest BCUT2D eigenvalue weighted by atomic mass is 10.1. The zero-order valence-electron chi connectivity index (χ0n) is 19.1. The number of hydrogen-bond donors (Lipinski definition) is 1. The summed E-state index contributed by atoms with van der Waals surface area (Å²) in [6.45, 7) is 4.68. The summed E-state index contributed by atoms with van der Waals surface area (Å²) in [4.78, 5) is 22.5. The van der Waals surface area contributed by atoms with Gasteiger partial charge in [0, 0.05) is 35.8 Å². The number of carbonyl (C=O) groups excluding carboxylic acids is 1. The number of nitrogens with zero attached hydrogens (tertiary/aromatic N) is 6. The molecule has 1 saturated carbocycles. The molecule has 0 saturated heterocycles. The summed E-state index contributed by atoms with van der Waals surface area (Å²) in [5, 5.41) is 11.2. The van der Waals surface area contributed by atoms with Gasteiger partial charge in [-0.3, -0.25) is 4.79 Å². The van der Waals surface area contributed by atoms with Gasteiger partial charge in [0.15, 0.2) is 5.82 Å². The number of fused-ring (bicyclic) bond motifs is 1. The van der Waals surface area contributed by atoms with Crippen molar-refractivity contribution >= 4 is 11.7 Å². The summed E-state index contributed by atoms with van der Waals surface area (Å²) in [5.41, 5.74) is 4.17. The van der Waals surface area contributed by atoms with Crippen molar-refractivity contribution in [3.63, 3.8) is 0 Å². The molecular formula is C25H25N7O2. The number of nitrogens with one attached hydrogen (secondary N) is 1. The van der Waals surface area contributed by atoms with Gasteiger partial charge in [0.2, 0.25) is 0 Å². The molecule has 1 N–H and O–H groups in total. The van der Waals surface area contributed by atoms with Crippen LogP contribution >= 0.6 is 0 Å². The Labute approximate surface area is 196 Å². The van der Waals surface area contributed by atoms with Gasteiger partial charge in [-0.05, 0) is 51.0 Å². The first-order chi connectivity index (χ1) is 16.6. The fourth-order valence-corrected chi connectivity index (χ4v) is 4.29. The van der Waals surface area contributed by atoms with E-state index in [1.165, 1.54) is 12.8 Å². The molecule has 2 aliphatic rings. The van der Waals surface area contributed by atoms with Gasteiger partial charge in [0.25, 0.3) is 5.91 Å². The summed E-state index contributed by atoms with van der Waals surface area (Å²) in [6, 6.07) is 9.60. The second-order valence-electron chi connectivity index (χ2n) is 9.08. The van der Waals surface area contributed by atoms with E-state index >= 15 is 0 Å². The van der Waals surface area contributed by atoms with E-state index < -0.39 is 0 Å². The lowest BCUT2D eigenvalue weighted by Gasteiger charge is -2.13. The summed E-state index contributed by atoms with van der Waals surface area (Å²) in [6.07, 6.45) is 8.73. The van der Waals surface area contributed by atoms with Crippen LogP contribution in [0.2, 0.25) is 0 Å². The molecule has 4 aromatic rings. The van der Waals surface area contributed by atoms with Crippen LogP contribution < -0.4 is 10.1 Å². The SMILES string of the molecule is CC(C)n1cnnc1-c1cccc(NC(=O)c2cc(-n3cnc(C4CC4)c3)cc3c2OCC3)n1. The Hall–Kier alpha value is -4.01. The number of aromatic nitrogens is 6. The summed E-state index contributed by atoms with van der Waals surface area (Å²) >= 11 is 0. The van der Waals surface area contributed by atoms with Crippen molar-refractivity contribution in [2.75, 3.05) is 11.9 Å². The Morgan fingerprint density at radius 2 is 2.09 bits per heavy atom. The van der Waals surface area contributed by atoms with Crippen LogP contribution in [0.4, 0.5) is 5.82 Å². The number of hydrogen-bond acceptors (Lipinski definition) is 6. The average molecular weight is 456 g/mol. The van der Waals surface area contributed by atoms with E-state index in [4.69, 9.17) is 4.74 Å². The van der Waals surface area contributed by atoms with Gasteiger partial charge in [0.05, 0.1) is 24.2 Å². The number of carbonyl (C=O) groups is 1. The van der Waals surface area contributed by atoms with Crippen molar-refractivity contribution in [1.82, 2.24) is 29.3 Å². The second kappa shape index (κ2) is 8.09. The van der Waals surface area contributed by atoms with E-state index in [2.05, 4.69) is 51.6 Å². The maximum Gasteiger partial charge on any atom is 0.260 e. The molecule has 0 radical (unpaired) electrons. The summed E-state index contributed by atoms with van der Waals surface area (Å²) in [5.74, 6) is 2.04. The Balaban J connectivity index is 1.31. The Kier molecular flexibility index (Phi) is 4.90. The number of amides is 1. The predicted molar refractivity (Wildman–Crippen MR) is 126 cm³/mol. The Morgan fingerprint density at radius 3 is 2.91 bits per heavy atom. The van der Waals surface area contributed by atoms with Crippen molar-refractivity contribution in [3.05, 3.63) is 66.0 Å². The molecular weight excluding hydrogens is 430 g/mol. The van der Waals surface area contributed by atoms with Gasteiger partial charge in [0.1, 0.15) is 23.6 Å². The first-order valence-electron chi connectivity index (χ1n) is 11.6. The molecule has 1 aromatic carbocycles. The third kappa shape index (κ3) is 3.72. The number of rotatable bonds is 6. The van der Waals surface area contributed by atoms with Crippen LogP contribution in [0.15, 0.2) is 49.2 Å². The minimum absolute atomic E-state index is 0.191. The van der Waals surface area contributed by atoms with Gasteiger partial charge in [-0.25, -0.2) is 9.97 Å². The van der Waals surface area contributed by atoms with Crippen LogP contribution in [0.1, 0.15) is 60.3 Å². The number of pyridine rings is 1. The van der Waals surface area contributed by atoms with E-state index in [1.807, 2.05) is 33.7 Å². The maximum absolute atomic E-state index is 13.4. The van der Waals surface area contributed by atoms with E-state index in [0.717, 1.165) is 23.4 Å². The zero-order valence-corrected chi connectivity index (χ0v) is 19.1. The lowest BCUT2D eigenvalue weighted by molar-refractivity contribution is 0.102. The van der Waals surface area contributed by atoms with E-state index in [1.54, 1.807) is 12.4 Å². The largest absolute Gasteiger partial charge is 0.492 e. The highest BCUT2D eigenvalue weighted by molar-refractivity contribution is 6.06. The highest BCUT2D eigenvalue weighted by Gasteiger charge is 2.27. The molecule has 1 amide bonds. The normalized spacial score (nSPS) is 14.8. The first kappa shape index (κ1) is 20.6. The molecule has 1 aliphatic heterocycles. The van der Waals surface area contributed by atoms with Gasteiger partial charge in [-0.2, -0.15) is 0 Å². The smallest absolute Gasteiger partial charge is 0.260 e. The predicted octanol–water partition coefficient (Wildman–Crippen LogP) is 4.17. The minimum Gasteiger partial charge on any atom is -0.492 e. The van der Waals surface area contributed by atoms with Gasteiger partial charge >= 0.3 is 0 Å². The van der Waals surface area contributed by atoms with Gasteiger partial charge in [-0.1, -0.05) is 6.07 Å². The first-order valence-corrected chi connectivity index (χ1v) is 11.6. The Morgan fingerprint density at radius 1 is 1.21 bits per heavy atom. The quantitative estimate of drug-likeness (QED) is 0.468. The zero-order chi connectivity index (χ0) is 23.2. The topological polar surface area (TPSA) is 99.8 Å². The van der Waals surface area contributed by atoms with Gasteiger partial charge in [-0.15, -0.1) is 10.2 Å². The molecule has 4 heterocycles. The molecule has 3 aromatic heterocycles. The van der Waals surface area contributed by atoms with Gasteiger partial charge < -0.3 is 19.2 Å². The van der Waals surface area contributed by atoms with Crippen LogP contribution in [0, 0.1) is 0 Å². The second-order valence-corrected chi connectivity index (χ2v) is 9.08. The highest BCUT2D eigenvalue weighted by Crippen LogP contribution is 2.39. The summed E-state index contributed by atoms with van der Waals surface area (Å²) < 4.78 is 9.76. The number of ether oxygens (including phenoxy) is 1. The van der Waals surface area contributed by atoms with Crippen molar-refractivity contribution in [2.45, 2.75) is 45.1 Å². The van der Waals surface area contributed by atoms with Crippen LogP contribution in [0.3, 0.4) is 0 Å². The fraction of sp³-hybridized carbons (Fsp3) is 0.320. The lowest BCUT2D eigenvalue weighted by Crippen LogP contribution is -2.15. The molecule has 9 nitrogen and oxygen atoms in total. The third-order valence-corrected chi connectivity index (χ3v) is 6.26. The highest BCUT2D eigenvalue weighted by atomic mass is 16.5. The number of benzene rings is 1. The molecule has 1 aliphatic carbocycles. The maximum atomic E-state index is 13.4. The van der Waals surface area contributed by atoms with Crippen molar-refractivity contribution in [1.29, 1.82) is 0 Å². The molecule has 0 bridgehead atoms. The van der Waals surface area contributed by atoms with Crippen LogP contribution in [0.25, 0.3) is 17.2 Å². The fourth-order valence-electron chi connectivity index (χ4n) is 4.29. The van der Waals surface area contributed by atoms with Crippen LogP contribution in [-0.4, -0.2) is 41.8 Å². The molecule has 0 unspecified atom stereocenters. The molecule has 0 atom stereocenters. The van der Waals surface area contributed by atoms with E-state index in [-0.39, 0.29) is 11.9 Å². The monoisotopic (exact) mass is 455 g/mol. The van der Waals surface area contributed by atoms with Crippen molar-refractivity contribution < 1.29 is 9.53 Å². The minimum atomic E-state index is -0.266. The van der Waals surface area contributed by atoms with E-state index in [9.17, 15) is 4.79 Å². The summed E-state index contributed by atoms with van der Waals surface area (Å²) in [7, 11) is 0.